The van der Waals surface area contributed by atoms with Gasteiger partial charge in [-0.2, -0.15) is 13.2 Å². The molecule has 1 aromatic carbocycles. The molecule has 0 fully saturated rings. The van der Waals surface area contributed by atoms with Crippen molar-refractivity contribution in [2.75, 3.05) is 0 Å². The molecule has 14 heavy (non-hydrogen) atoms. The Morgan fingerprint density at radius 2 is 1.57 bits per heavy atom. The van der Waals surface area contributed by atoms with Crippen LogP contribution in [0.4, 0.5) is 13.2 Å². The van der Waals surface area contributed by atoms with E-state index in [-0.39, 0.29) is 30.0 Å². The summed E-state index contributed by atoms with van der Waals surface area (Å²) in [5.74, 6) is 0. The third-order valence-corrected chi connectivity index (χ3v) is 1.76. The van der Waals surface area contributed by atoms with Gasteiger partial charge in [0.2, 0.25) is 0 Å². The SMILES string of the molecule is CC(N)c1ccc(C(F)(F)F)cc1.I. The fourth-order valence-electron chi connectivity index (χ4n) is 0.976. The highest BCUT2D eigenvalue weighted by atomic mass is 127. The summed E-state index contributed by atoms with van der Waals surface area (Å²) in [6, 6.07) is 4.64. The van der Waals surface area contributed by atoms with Gasteiger partial charge in [0.15, 0.2) is 0 Å². The molecule has 1 nitrogen and oxygen atoms in total. The summed E-state index contributed by atoms with van der Waals surface area (Å²) in [7, 11) is 0. The highest BCUT2D eigenvalue weighted by Gasteiger charge is 2.29. The zero-order valence-electron chi connectivity index (χ0n) is 7.51. The number of alkyl halides is 3. The lowest BCUT2D eigenvalue weighted by Crippen LogP contribution is -2.07. The van der Waals surface area contributed by atoms with Crippen molar-refractivity contribution in [3.05, 3.63) is 35.4 Å². The first-order valence-corrected chi connectivity index (χ1v) is 3.84. The van der Waals surface area contributed by atoms with E-state index >= 15 is 0 Å². The Kier molecular flexibility index (Phi) is 4.87. The maximum Gasteiger partial charge on any atom is 0.416 e. The van der Waals surface area contributed by atoms with Crippen LogP contribution in [0.15, 0.2) is 24.3 Å². The fraction of sp³-hybridized carbons (Fsp3) is 0.333. The Labute approximate surface area is 97.5 Å². The minimum atomic E-state index is -4.27. The lowest BCUT2D eigenvalue weighted by molar-refractivity contribution is -0.137. The molecular weight excluding hydrogens is 306 g/mol. The van der Waals surface area contributed by atoms with Crippen LogP contribution in [-0.4, -0.2) is 0 Å². The molecule has 1 aromatic rings. The summed E-state index contributed by atoms with van der Waals surface area (Å²) in [4.78, 5) is 0. The molecule has 0 aliphatic heterocycles. The first-order valence-electron chi connectivity index (χ1n) is 3.84. The van der Waals surface area contributed by atoms with E-state index in [1.54, 1.807) is 6.92 Å². The summed E-state index contributed by atoms with van der Waals surface area (Å²) in [5.41, 5.74) is 5.55. The average molecular weight is 317 g/mol. The van der Waals surface area contributed by atoms with E-state index in [1.165, 1.54) is 12.1 Å². The van der Waals surface area contributed by atoms with Crippen molar-refractivity contribution in [1.82, 2.24) is 0 Å². The van der Waals surface area contributed by atoms with Crippen molar-refractivity contribution in [2.45, 2.75) is 19.1 Å². The maximum atomic E-state index is 12.1. The van der Waals surface area contributed by atoms with E-state index in [2.05, 4.69) is 0 Å². The normalized spacial score (nSPS) is 13.2. The van der Waals surface area contributed by atoms with Gasteiger partial charge < -0.3 is 5.73 Å². The van der Waals surface area contributed by atoms with Gasteiger partial charge in [-0.15, -0.1) is 24.0 Å². The van der Waals surface area contributed by atoms with E-state index in [4.69, 9.17) is 5.73 Å². The van der Waals surface area contributed by atoms with E-state index in [1.807, 2.05) is 0 Å². The Morgan fingerprint density at radius 3 is 1.86 bits per heavy atom. The van der Waals surface area contributed by atoms with Crippen LogP contribution in [0.2, 0.25) is 0 Å². The summed E-state index contributed by atoms with van der Waals surface area (Å²) in [5, 5.41) is 0. The number of benzene rings is 1. The Hall–Kier alpha value is -0.300. The minimum Gasteiger partial charge on any atom is -0.324 e. The molecule has 1 rings (SSSR count). The first-order chi connectivity index (χ1) is 5.91. The summed E-state index contributed by atoms with van der Waals surface area (Å²) >= 11 is 0. The molecule has 0 spiro atoms. The van der Waals surface area contributed by atoms with Crippen LogP contribution in [0.5, 0.6) is 0 Å². The summed E-state index contributed by atoms with van der Waals surface area (Å²) in [6.45, 7) is 1.72. The highest BCUT2D eigenvalue weighted by Crippen LogP contribution is 2.29. The second-order valence-electron chi connectivity index (χ2n) is 2.91. The van der Waals surface area contributed by atoms with E-state index < -0.39 is 11.7 Å². The largest absolute Gasteiger partial charge is 0.416 e. The molecule has 0 saturated carbocycles. The molecule has 0 saturated heterocycles. The fourth-order valence-corrected chi connectivity index (χ4v) is 0.976. The van der Waals surface area contributed by atoms with Gasteiger partial charge in [-0.3, -0.25) is 0 Å². The molecular formula is C9H11F3IN. The molecule has 0 heterocycles. The monoisotopic (exact) mass is 317 g/mol. The zero-order valence-corrected chi connectivity index (χ0v) is 9.84. The van der Waals surface area contributed by atoms with Gasteiger partial charge in [-0.1, -0.05) is 12.1 Å². The summed E-state index contributed by atoms with van der Waals surface area (Å²) < 4.78 is 36.3. The van der Waals surface area contributed by atoms with Gasteiger partial charge >= 0.3 is 6.18 Å². The van der Waals surface area contributed by atoms with Crippen molar-refractivity contribution >= 4 is 24.0 Å². The zero-order chi connectivity index (χ0) is 10.1. The van der Waals surface area contributed by atoms with Gasteiger partial charge in [0.25, 0.3) is 0 Å². The molecule has 0 amide bonds. The minimum absolute atomic E-state index is 0. The molecule has 5 heteroatoms. The molecule has 2 N–H and O–H groups in total. The van der Waals surface area contributed by atoms with Crippen LogP contribution in [-0.2, 0) is 6.18 Å². The van der Waals surface area contributed by atoms with E-state index in [9.17, 15) is 13.2 Å². The molecule has 1 unspecified atom stereocenters. The number of hydrogen-bond acceptors (Lipinski definition) is 1. The average Bonchev–Trinajstić information content (AvgIpc) is 2.03. The second-order valence-corrected chi connectivity index (χ2v) is 2.91. The number of rotatable bonds is 1. The standard InChI is InChI=1S/C9H10F3N.HI/c1-6(13)7-2-4-8(5-3-7)9(10,11)12;/h2-6H,13H2,1H3;1H. The van der Waals surface area contributed by atoms with Crippen LogP contribution in [0.1, 0.15) is 24.1 Å². The van der Waals surface area contributed by atoms with Crippen LogP contribution < -0.4 is 5.73 Å². The molecule has 0 bridgehead atoms. The van der Waals surface area contributed by atoms with Gasteiger partial charge in [0, 0.05) is 6.04 Å². The molecule has 1 atom stereocenters. The smallest absolute Gasteiger partial charge is 0.324 e. The van der Waals surface area contributed by atoms with Crippen molar-refractivity contribution in [1.29, 1.82) is 0 Å². The summed E-state index contributed by atoms with van der Waals surface area (Å²) in [6.07, 6.45) is -4.27. The topological polar surface area (TPSA) is 26.0 Å². The quantitative estimate of drug-likeness (QED) is 0.790. The van der Waals surface area contributed by atoms with Crippen LogP contribution in [0.25, 0.3) is 0 Å². The lowest BCUT2D eigenvalue weighted by Gasteiger charge is -2.09. The predicted molar refractivity (Wildman–Crippen MR) is 59.5 cm³/mol. The molecule has 80 valence electrons. The second kappa shape index (κ2) is 4.97. The van der Waals surface area contributed by atoms with Gasteiger partial charge in [0.1, 0.15) is 0 Å². The van der Waals surface area contributed by atoms with Crippen molar-refractivity contribution in [2.24, 2.45) is 5.73 Å². The number of halogens is 4. The maximum absolute atomic E-state index is 12.1. The number of hydrogen-bond donors (Lipinski definition) is 1. The Balaban J connectivity index is 0.00000169. The van der Waals surface area contributed by atoms with Crippen LogP contribution in [0, 0.1) is 0 Å². The third-order valence-electron chi connectivity index (χ3n) is 1.76. The van der Waals surface area contributed by atoms with Crippen molar-refractivity contribution in [3.63, 3.8) is 0 Å². The lowest BCUT2D eigenvalue weighted by atomic mass is 10.1. The van der Waals surface area contributed by atoms with Crippen molar-refractivity contribution in [3.8, 4) is 0 Å². The van der Waals surface area contributed by atoms with Gasteiger partial charge in [-0.05, 0) is 24.6 Å². The van der Waals surface area contributed by atoms with Crippen LogP contribution in [0.3, 0.4) is 0 Å². The van der Waals surface area contributed by atoms with Gasteiger partial charge in [-0.25, -0.2) is 0 Å². The van der Waals surface area contributed by atoms with E-state index in [0.29, 0.717) is 5.56 Å². The molecule has 0 aliphatic carbocycles. The Bertz CT molecular complexity index is 279. The van der Waals surface area contributed by atoms with Crippen molar-refractivity contribution < 1.29 is 13.2 Å². The first kappa shape index (κ1) is 13.7. The Morgan fingerprint density at radius 1 is 1.14 bits per heavy atom. The molecule has 0 aliphatic rings. The van der Waals surface area contributed by atoms with Crippen LogP contribution >= 0.6 is 24.0 Å². The highest BCUT2D eigenvalue weighted by molar-refractivity contribution is 14.0. The molecule has 0 aromatic heterocycles. The third kappa shape index (κ3) is 3.45. The molecule has 0 radical (unpaired) electrons. The van der Waals surface area contributed by atoms with Gasteiger partial charge in [0.05, 0.1) is 5.56 Å². The van der Waals surface area contributed by atoms with E-state index in [0.717, 1.165) is 12.1 Å². The predicted octanol–water partition coefficient (Wildman–Crippen LogP) is 3.34. The number of nitrogens with two attached hydrogens (primary N) is 1.